The number of esters is 2. The molecule has 0 spiro atoms. The number of aliphatic carboxylic acids is 1. The van der Waals surface area contributed by atoms with Gasteiger partial charge < -0.3 is 28.6 Å². The number of carboxylic acid groups (broad SMARTS) is 1. The Balaban J connectivity index is 4.57. The van der Waals surface area contributed by atoms with Crippen LogP contribution < -0.4 is 5.11 Å². The highest BCUT2D eigenvalue weighted by atomic mass is 16.6. The van der Waals surface area contributed by atoms with E-state index in [9.17, 15) is 19.5 Å². The molecule has 0 amide bonds. The third kappa shape index (κ3) is 35.2. The van der Waals surface area contributed by atoms with Gasteiger partial charge in [0.2, 0.25) is 0 Å². The molecule has 0 N–H and O–H groups in total. The average molecular weight is 762 g/mol. The van der Waals surface area contributed by atoms with Gasteiger partial charge in [-0.15, -0.1) is 0 Å². The summed E-state index contributed by atoms with van der Waals surface area (Å²) in [5.41, 5.74) is 0. The third-order valence-electron chi connectivity index (χ3n) is 8.04. The summed E-state index contributed by atoms with van der Waals surface area (Å²) in [4.78, 5) is 36.7. The summed E-state index contributed by atoms with van der Waals surface area (Å²) in [5, 5.41) is 11.6. The Bertz CT molecular complexity index is 1300. The lowest BCUT2D eigenvalue weighted by molar-refractivity contribution is -0.889. The van der Waals surface area contributed by atoms with Crippen LogP contribution in [0.15, 0.2) is 122 Å². The number of nitrogens with zero attached hydrogens (tertiary/aromatic N) is 1. The van der Waals surface area contributed by atoms with Crippen LogP contribution in [0.2, 0.25) is 0 Å². The molecule has 306 valence electrons. The third-order valence-corrected chi connectivity index (χ3v) is 8.04. The number of likely N-dealkylation sites (N-methyl/N-ethyl adjacent to an activating group) is 1. The smallest absolute Gasteiger partial charge is 0.306 e. The van der Waals surface area contributed by atoms with Crippen LogP contribution in [0.3, 0.4) is 0 Å². The Morgan fingerprint density at radius 2 is 1.05 bits per heavy atom. The van der Waals surface area contributed by atoms with E-state index in [0.29, 0.717) is 12.8 Å². The second-order valence-corrected chi connectivity index (χ2v) is 13.9. The van der Waals surface area contributed by atoms with Gasteiger partial charge in [-0.25, -0.2) is 0 Å². The molecular formula is C47H71NO7. The van der Waals surface area contributed by atoms with E-state index in [1.807, 2.05) is 72.9 Å². The SMILES string of the molecule is CC/C=C/C=C/C=C/C=C/C=C/C=C/C=C/CCCCCC(=O)OCC(COCCC(C(=O)[O-])[N+](C)(C)C)OC(=O)CCCC/C=C/C/C=C/C/C=C/CC. The van der Waals surface area contributed by atoms with Crippen molar-refractivity contribution >= 4 is 17.9 Å². The second kappa shape index (κ2) is 36.7. The van der Waals surface area contributed by atoms with Crippen LogP contribution in [0.1, 0.15) is 104 Å². The van der Waals surface area contributed by atoms with Gasteiger partial charge in [0.1, 0.15) is 12.6 Å². The Morgan fingerprint density at radius 1 is 0.564 bits per heavy atom. The highest BCUT2D eigenvalue weighted by Crippen LogP contribution is 2.10. The molecule has 0 fully saturated rings. The number of hydrogen-bond acceptors (Lipinski definition) is 7. The molecule has 0 bridgehead atoms. The Morgan fingerprint density at radius 3 is 1.64 bits per heavy atom. The standard InChI is InChI=1S/C47H71NO7/c1-6-8-10-12-14-16-18-20-21-22-23-24-25-26-28-29-31-33-35-37-45(49)54-42-43(41-53-40-39-44(47(51)52)48(3,4)5)55-46(50)38-36-34-32-30-27-19-17-15-13-11-9-7-2/h8-12,14-18,20-28,30,43-44H,6-7,13,19,29,31-42H2,1-5H3/b10-8+,11-9+,14-12+,17-15+,18-16+,21-20+,23-22+,25-24+,28-26+,30-27+. The molecule has 0 aromatic heterocycles. The number of unbranched alkanes of at least 4 members (excludes halogenated alkanes) is 5. The molecule has 0 heterocycles. The monoisotopic (exact) mass is 762 g/mol. The molecule has 0 aliphatic rings. The number of allylic oxidation sites excluding steroid dienone is 20. The molecule has 0 aliphatic heterocycles. The van der Waals surface area contributed by atoms with E-state index in [1.165, 1.54) is 0 Å². The normalized spacial score (nSPS) is 14.3. The summed E-state index contributed by atoms with van der Waals surface area (Å²) in [7, 11) is 5.35. The molecule has 2 unspecified atom stereocenters. The summed E-state index contributed by atoms with van der Waals surface area (Å²) in [6.45, 7) is 4.26. The van der Waals surface area contributed by atoms with Crippen LogP contribution in [-0.2, 0) is 28.6 Å². The minimum absolute atomic E-state index is 0.000279. The summed E-state index contributed by atoms with van der Waals surface area (Å²) >= 11 is 0. The maximum atomic E-state index is 12.6. The van der Waals surface area contributed by atoms with Gasteiger partial charge in [-0.05, 0) is 64.2 Å². The number of carboxylic acids is 1. The molecule has 2 atom stereocenters. The van der Waals surface area contributed by atoms with Crippen molar-refractivity contribution in [2.45, 2.75) is 116 Å². The number of carbonyl (C=O) groups is 3. The first-order valence-corrected chi connectivity index (χ1v) is 20.2. The second-order valence-electron chi connectivity index (χ2n) is 13.9. The number of hydrogen-bond donors (Lipinski definition) is 0. The van der Waals surface area contributed by atoms with E-state index in [-0.39, 0.29) is 55.5 Å². The minimum Gasteiger partial charge on any atom is -0.544 e. The largest absolute Gasteiger partial charge is 0.544 e. The van der Waals surface area contributed by atoms with Crippen LogP contribution in [0.25, 0.3) is 0 Å². The summed E-state index contributed by atoms with van der Waals surface area (Å²) in [6, 6.07) is -0.747. The zero-order valence-corrected chi connectivity index (χ0v) is 34.5. The lowest BCUT2D eigenvalue weighted by Gasteiger charge is -2.34. The van der Waals surface area contributed by atoms with E-state index in [0.717, 1.165) is 57.8 Å². The molecule has 55 heavy (non-hydrogen) atoms. The van der Waals surface area contributed by atoms with Crippen LogP contribution in [-0.4, -0.2) is 75.5 Å². The Kier molecular flexibility index (Phi) is 33.8. The van der Waals surface area contributed by atoms with Crippen LogP contribution in [0.5, 0.6) is 0 Å². The van der Waals surface area contributed by atoms with Crippen LogP contribution in [0.4, 0.5) is 0 Å². The average Bonchev–Trinajstić information content (AvgIpc) is 3.14. The van der Waals surface area contributed by atoms with E-state index in [2.05, 4.69) is 62.5 Å². The van der Waals surface area contributed by atoms with Gasteiger partial charge in [0.15, 0.2) is 6.10 Å². The van der Waals surface area contributed by atoms with E-state index in [4.69, 9.17) is 14.2 Å². The number of rotatable bonds is 33. The van der Waals surface area contributed by atoms with Gasteiger partial charge in [-0.3, -0.25) is 9.59 Å². The molecule has 0 aromatic carbocycles. The summed E-state index contributed by atoms with van der Waals surface area (Å²) in [6.07, 6.45) is 50.9. The number of carbonyl (C=O) groups excluding carboxylic acids is 3. The predicted octanol–water partition coefficient (Wildman–Crippen LogP) is 9.35. The summed E-state index contributed by atoms with van der Waals surface area (Å²) in [5.74, 6) is -1.87. The fourth-order valence-corrected chi connectivity index (χ4v) is 4.95. The lowest BCUT2D eigenvalue weighted by atomic mass is 10.1. The van der Waals surface area contributed by atoms with Gasteiger partial charge in [0.05, 0.1) is 40.3 Å². The Labute approximate surface area is 333 Å². The van der Waals surface area contributed by atoms with Crippen molar-refractivity contribution in [3.63, 3.8) is 0 Å². The van der Waals surface area contributed by atoms with Crippen molar-refractivity contribution in [2.75, 3.05) is 41.0 Å². The predicted molar refractivity (Wildman–Crippen MR) is 226 cm³/mol. The van der Waals surface area contributed by atoms with Crippen molar-refractivity contribution < 1.29 is 38.2 Å². The van der Waals surface area contributed by atoms with E-state index >= 15 is 0 Å². The van der Waals surface area contributed by atoms with Crippen LogP contribution in [0, 0.1) is 0 Å². The fraction of sp³-hybridized carbons (Fsp3) is 0.511. The number of ether oxygens (including phenoxy) is 3. The Hall–Kier alpha value is -4.27. The molecule has 0 saturated heterocycles. The summed E-state index contributed by atoms with van der Waals surface area (Å²) < 4.78 is 17.0. The first-order valence-electron chi connectivity index (χ1n) is 20.2. The minimum atomic E-state index is -1.15. The molecule has 0 aliphatic carbocycles. The molecule has 0 aromatic rings. The highest BCUT2D eigenvalue weighted by Gasteiger charge is 2.25. The fourth-order valence-electron chi connectivity index (χ4n) is 4.95. The van der Waals surface area contributed by atoms with Gasteiger partial charge in [0, 0.05) is 19.3 Å². The van der Waals surface area contributed by atoms with Crippen molar-refractivity contribution in [2.24, 2.45) is 0 Å². The maximum absolute atomic E-state index is 12.6. The maximum Gasteiger partial charge on any atom is 0.306 e. The molecular weight excluding hydrogens is 691 g/mol. The van der Waals surface area contributed by atoms with Gasteiger partial charge in [-0.2, -0.15) is 0 Å². The number of quaternary nitrogens is 1. The lowest BCUT2D eigenvalue weighted by Crippen LogP contribution is -2.55. The topological polar surface area (TPSA) is 102 Å². The van der Waals surface area contributed by atoms with Crippen LogP contribution >= 0.6 is 0 Å². The van der Waals surface area contributed by atoms with Crippen molar-refractivity contribution in [1.82, 2.24) is 0 Å². The molecule has 0 saturated carbocycles. The molecule has 0 radical (unpaired) electrons. The molecule has 8 nitrogen and oxygen atoms in total. The zero-order valence-electron chi connectivity index (χ0n) is 34.5. The first-order chi connectivity index (χ1) is 26.6. The van der Waals surface area contributed by atoms with E-state index in [1.54, 1.807) is 21.1 Å². The van der Waals surface area contributed by atoms with Crippen molar-refractivity contribution in [1.29, 1.82) is 0 Å². The highest BCUT2D eigenvalue weighted by molar-refractivity contribution is 5.70. The van der Waals surface area contributed by atoms with Crippen molar-refractivity contribution in [3.05, 3.63) is 122 Å². The zero-order chi connectivity index (χ0) is 40.7. The van der Waals surface area contributed by atoms with E-state index < -0.39 is 18.1 Å². The quantitative estimate of drug-likeness (QED) is 0.0216. The molecule has 8 heteroatoms. The molecule has 0 rings (SSSR count). The van der Waals surface area contributed by atoms with Gasteiger partial charge >= 0.3 is 11.9 Å². The first kappa shape index (κ1) is 50.7. The van der Waals surface area contributed by atoms with Gasteiger partial charge in [-0.1, -0.05) is 142 Å². The van der Waals surface area contributed by atoms with Gasteiger partial charge in [0.25, 0.3) is 0 Å². The van der Waals surface area contributed by atoms with Crippen molar-refractivity contribution in [3.8, 4) is 0 Å².